The van der Waals surface area contributed by atoms with Crippen molar-refractivity contribution in [3.8, 4) is 93.7 Å². The number of hydrogen-bond acceptors (Lipinski definition) is 12. The van der Waals surface area contributed by atoms with Gasteiger partial charge in [-0.2, -0.15) is 0 Å². The average molecular weight is 1100 g/mol. The second-order valence-corrected chi connectivity index (χ2v) is 23.0. The van der Waals surface area contributed by atoms with Crippen LogP contribution in [0, 0.1) is 24.7 Å². The Kier molecular flexibility index (Phi) is 15.0. The summed E-state index contributed by atoms with van der Waals surface area (Å²) in [6.45, 7) is 0. The molecule has 10 rings (SSSR count). The van der Waals surface area contributed by atoms with Gasteiger partial charge >= 0.3 is 0 Å². The lowest BCUT2D eigenvalue weighted by Crippen LogP contribution is -2.04. The summed E-state index contributed by atoms with van der Waals surface area (Å²) in [4.78, 5) is 0.243. The minimum Gasteiger partial charge on any atom is -0.457 e. The molecule has 10 aromatic rings. The Morgan fingerprint density at radius 1 is 0.253 bits per heavy atom. The third-order valence-electron chi connectivity index (χ3n) is 11.8. The van der Waals surface area contributed by atoms with Crippen LogP contribution in [0.25, 0.3) is 0 Å². The maximum Gasteiger partial charge on any atom is 0.210 e. The third-order valence-corrected chi connectivity index (χ3v) is 17.2. The van der Waals surface area contributed by atoms with Crippen molar-refractivity contribution in [1.29, 1.82) is 0 Å². The number of terminal acetylenes is 2. The topological polar surface area (TPSA) is 158 Å². The molecule has 0 saturated carbocycles. The molecular weight excluding hydrogens is 1060 g/mol. The molecule has 0 aliphatic heterocycles. The van der Waals surface area contributed by atoms with Crippen molar-refractivity contribution >= 4 is 29.5 Å². The van der Waals surface area contributed by atoms with Gasteiger partial charge in [-0.15, -0.1) is 12.8 Å². The van der Waals surface area contributed by atoms with E-state index in [1.807, 2.05) is 0 Å². The molecule has 0 fully saturated rings. The van der Waals surface area contributed by atoms with Crippen LogP contribution in [0.3, 0.4) is 0 Å². The molecule has 0 amide bonds. The second kappa shape index (κ2) is 22.7. The van der Waals surface area contributed by atoms with Gasteiger partial charge in [-0.25, -0.2) is 25.3 Å². The van der Waals surface area contributed by atoms with Crippen molar-refractivity contribution < 1.29 is 53.7 Å². The molecule has 15 heteroatoms. The number of rotatable bonds is 18. The largest absolute Gasteiger partial charge is 0.457 e. The van der Waals surface area contributed by atoms with E-state index < -0.39 is 29.5 Å². The molecule has 0 saturated heterocycles. The van der Waals surface area contributed by atoms with Crippen LogP contribution in [0.1, 0.15) is 11.1 Å². The van der Waals surface area contributed by atoms with E-state index in [-0.39, 0.29) is 40.9 Å². The molecule has 12 nitrogen and oxygen atoms in total. The summed E-state index contributed by atoms with van der Waals surface area (Å²) < 4.78 is 118. The summed E-state index contributed by atoms with van der Waals surface area (Å²) in [5.41, 5.74) is 1.32. The molecule has 0 bridgehead atoms. The smallest absolute Gasteiger partial charge is 0.210 e. The minimum atomic E-state index is -4.10. The Morgan fingerprint density at radius 2 is 0.519 bits per heavy atom. The molecule has 10 aromatic carbocycles. The highest BCUT2D eigenvalue weighted by Crippen LogP contribution is 2.37. The summed E-state index contributed by atoms with van der Waals surface area (Å²) in [7, 11) is -11.8. The minimum absolute atomic E-state index is 0.00111. The Morgan fingerprint density at radius 3 is 0.861 bits per heavy atom. The SMILES string of the molecule is C#Cc1cccc(Oc2ccc(S(=O)(=O)c3ccc(Oc4ccc(Oc5ccc(S(=O)(=O)c6ccccc6Oc6cccc(Oc7ccc(S(=O)(=O)c8ccc(Oc9cccc(C#C)c9)cc8)cc7)c6)cc5)cc4)cc3)cc2)c1. The Labute approximate surface area is 457 Å². The molecular formula is C64H42O12S3. The molecule has 0 aliphatic carbocycles. The summed E-state index contributed by atoms with van der Waals surface area (Å²) in [6, 6.07) is 63.7. The normalized spacial score (nSPS) is 11.3. The van der Waals surface area contributed by atoms with E-state index in [4.69, 9.17) is 41.3 Å². The zero-order valence-corrected chi connectivity index (χ0v) is 43.8. The molecule has 0 unspecified atom stereocenters. The van der Waals surface area contributed by atoms with Gasteiger partial charge in [0.05, 0.1) is 24.5 Å². The fraction of sp³-hybridized carbons (Fsp3) is 0. The first kappa shape index (κ1) is 52.4. The van der Waals surface area contributed by atoms with Gasteiger partial charge in [0.15, 0.2) is 0 Å². The molecule has 0 radical (unpaired) electrons. The van der Waals surface area contributed by atoms with Crippen LogP contribution in [-0.4, -0.2) is 25.3 Å². The molecule has 0 aromatic heterocycles. The first-order chi connectivity index (χ1) is 38.2. The van der Waals surface area contributed by atoms with Gasteiger partial charge < -0.3 is 28.4 Å². The summed E-state index contributed by atoms with van der Waals surface area (Å²) in [6.07, 6.45) is 11.0. The maximum absolute atomic E-state index is 14.1. The van der Waals surface area contributed by atoms with Gasteiger partial charge in [0.25, 0.3) is 0 Å². The van der Waals surface area contributed by atoms with Gasteiger partial charge in [-0.05, 0) is 206 Å². The highest BCUT2D eigenvalue weighted by atomic mass is 32.2. The highest BCUT2D eigenvalue weighted by molar-refractivity contribution is 7.92. The van der Waals surface area contributed by atoms with E-state index in [0.717, 1.165) is 0 Å². The zero-order chi connectivity index (χ0) is 55.0. The van der Waals surface area contributed by atoms with Crippen LogP contribution in [-0.2, 0) is 29.5 Å². The third kappa shape index (κ3) is 12.3. The van der Waals surface area contributed by atoms with E-state index in [0.29, 0.717) is 68.6 Å². The Balaban J connectivity index is 0.729. The Hall–Kier alpha value is -10.0. The molecule has 0 heterocycles. The number of ether oxygens (including phenoxy) is 6. The fourth-order valence-corrected chi connectivity index (χ4v) is 11.8. The van der Waals surface area contributed by atoms with Crippen molar-refractivity contribution in [3.05, 3.63) is 254 Å². The lowest BCUT2D eigenvalue weighted by molar-refractivity contribution is 0.452. The van der Waals surface area contributed by atoms with E-state index in [9.17, 15) is 25.3 Å². The first-order valence-corrected chi connectivity index (χ1v) is 28.4. The average Bonchev–Trinajstić information content (AvgIpc) is 3.51. The van der Waals surface area contributed by atoms with Crippen LogP contribution in [0.15, 0.2) is 272 Å². The molecule has 0 spiro atoms. The quantitative estimate of drug-likeness (QED) is 0.0750. The van der Waals surface area contributed by atoms with Gasteiger partial charge in [0.1, 0.15) is 73.9 Å². The lowest BCUT2D eigenvalue weighted by atomic mass is 10.2. The number of benzene rings is 10. The molecule has 388 valence electrons. The van der Waals surface area contributed by atoms with Crippen molar-refractivity contribution in [2.45, 2.75) is 29.4 Å². The number of hydrogen-bond donors (Lipinski definition) is 0. The van der Waals surface area contributed by atoms with Crippen LogP contribution in [0.2, 0.25) is 0 Å². The van der Waals surface area contributed by atoms with E-state index in [2.05, 4.69) is 11.8 Å². The fourth-order valence-electron chi connectivity index (χ4n) is 7.87. The standard InChI is InChI=1S/C64H42O12S3/c1-3-45-10-7-12-54(42-45)73-51-24-34-59(35-25-51)77(65,66)58-32-22-49(23-33-58)71-47-18-20-48(21-19-47)72-50-30-40-62(41-31-50)79(69,70)64-17-6-5-16-63(64)76-57-15-9-14-56(44-57)75-53-28-38-61(39-29-53)78(67,68)60-36-26-52(27-37-60)74-55-13-8-11-46(4-2)43-55/h1-2,5-44H. The van der Waals surface area contributed by atoms with Gasteiger partial charge in [-0.3, -0.25) is 0 Å². The zero-order valence-electron chi connectivity index (χ0n) is 41.4. The maximum atomic E-state index is 14.1. The van der Waals surface area contributed by atoms with E-state index >= 15 is 0 Å². The summed E-state index contributed by atoms with van der Waals surface area (Å²) in [5, 5.41) is 0. The summed E-state index contributed by atoms with van der Waals surface area (Å²) in [5.74, 6) is 9.82. The lowest BCUT2D eigenvalue weighted by Gasteiger charge is -2.14. The molecule has 0 atom stereocenters. The van der Waals surface area contributed by atoms with Crippen LogP contribution in [0.4, 0.5) is 0 Å². The predicted octanol–water partition coefficient (Wildman–Crippen LogP) is 14.9. The van der Waals surface area contributed by atoms with Gasteiger partial charge in [-0.1, -0.05) is 42.2 Å². The van der Waals surface area contributed by atoms with E-state index in [1.54, 1.807) is 164 Å². The van der Waals surface area contributed by atoms with Crippen molar-refractivity contribution in [1.82, 2.24) is 0 Å². The van der Waals surface area contributed by atoms with Crippen LogP contribution >= 0.6 is 0 Å². The Bertz CT molecular complexity index is 4270. The van der Waals surface area contributed by atoms with Crippen molar-refractivity contribution in [2.24, 2.45) is 0 Å². The van der Waals surface area contributed by atoms with E-state index in [1.165, 1.54) is 78.9 Å². The highest BCUT2D eigenvalue weighted by Gasteiger charge is 2.24. The molecule has 0 aliphatic rings. The number of sulfone groups is 3. The van der Waals surface area contributed by atoms with Gasteiger partial charge in [0, 0.05) is 17.2 Å². The molecule has 79 heavy (non-hydrogen) atoms. The van der Waals surface area contributed by atoms with Crippen molar-refractivity contribution in [2.75, 3.05) is 0 Å². The summed E-state index contributed by atoms with van der Waals surface area (Å²) >= 11 is 0. The molecule has 0 N–H and O–H groups in total. The van der Waals surface area contributed by atoms with Crippen molar-refractivity contribution in [3.63, 3.8) is 0 Å². The van der Waals surface area contributed by atoms with Crippen LogP contribution in [0.5, 0.6) is 69.0 Å². The predicted molar refractivity (Wildman–Crippen MR) is 297 cm³/mol. The number of para-hydroxylation sites is 1. The van der Waals surface area contributed by atoms with Gasteiger partial charge in [0.2, 0.25) is 29.5 Å². The second-order valence-electron chi connectivity index (χ2n) is 17.2. The monoisotopic (exact) mass is 1100 g/mol. The van der Waals surface area contributed by atoms with Crippen LogP contribution < -0.4 is 28.4 Å². The first-order valence-electron chi connectivity index (χ1n) is 24.0.